The first-order chi connectivity index (χ1) is 25.0. The summed E-state index contributed by atoms with van der Waals surface area (Å²) in [5, 5.41) is 71.4. The summed E-state index contributed by atoms with van der Waals surface area (Å²) in [4.78, 5) is 25.2. The van der Waals surface area contributed by atoms with Gasteiger partial charge >= 0.3 is 11.9 Å². The van der Waals surface area contributed by atoms with Gasteiger partial charge in [0.15, 0.2) is 18.7 Å². The number of hydrogen-bond donors (Lipinski definition) is 7. The third-order valence-corrected chi connectivity index (χ3v) is 9.59. The molecule has 2 saturated heterocycles. The summed E-state index contributed by atoms with van der Waals surface area (Å²) < 4.78 is 33.2. The number of ether oxygens (including phenoxy) is 6. The molecule has 0 aromatic carbocycles. The third-order valence-electron chi connectivity index (χ3n) is 9.59. The highest BCUT2D eigenvalue weighted by Crippen LogP contribution is 2.26. The van der Waals surface area contributed by atoms with Crippen LogP contribution in [0.3, 0.4) is 0 Å². The van der Waals surface area contributed by atoms with Gasteiger partial charge in [-0.3, -0.25) is 9.59 Å². The number of aliphatic hydroxyl groups is 7. The molecule has 0 aliphatic carbocycles. The van der Waals surface area contributed by atoms with Crippen LogP contribution in [-0.2, 0) is 38.0 Å². The SMILES string of the molecule is CCCCCCCCCCCCC(=O)OC(COC(=O)CCCCCCCC)COC1OC(COC2OC(CO)C(O)C(O)C2O)C(O)C(O)C1O. The quantitative estimate of drug-likeness (QED) is 0.0449. The Balaban J connectivity index is 1.91. The Morgan fingerprint density at radius 3 is 1.50 bits per heavy atom. The maximum Gasteiger partial charge on any atom is 0.306 e. The molecule has 0 aromatic heterocycles. The van der Waals surface area contributed by atoms with E-state index in [1.54, 1.807) is 0 Å². The molecule has 2 rings (SSSR count). The monoisotopic (exact) mass is 752 g/mol. The van der Waals surface area contributed by atoms with E-state index in [2.05, 4.69) is 13.8 Å². The lowest BCUT2D eigenvalue weighted by molar-refractivity contribution is -0.332. The molecule has 2 fully saturated rings. The van der Waals surface area contributed by atoms with Crippen molar-refractivity contribution in [3.63, 3.8) is 0 Å². The Hall–Kier alpha value is -1.50. The van der Waals surface area contributed by atoms with Crippen LogP contribution in [0, 0.1) is 0 Å². The summed E-state index contributed by atoms with van der Waals surface area (Å²) in [6.07, 6.45) is 0.673. The van der Waals surface area contributed by atoms with E-state index in [4.69, 9.17) is 28.4 Å². The van der Waals surface area contributed by atoms with Gasteiger partial charge in [0.2, 0.25) is 0 Å². The standard InChI is InChI=1S/C37H68O15/c1-3-5-7-9-11-12-13-14-16-18-20-29(40)50-25(22-47-28(39)19-17-15-10-8-6-4-2)23-48-36-35(46)33(44)31(42)27(52-36)24-49-37-34(45)32(43)30(41)26(21-38)51-37/h25-27,30-38,41-46H,3-24H2,1-2H3. The first kappa shape index (κ1) is 46.7. The molecule has 0 aromatic rings. The molecule has 7 N–H and O–H groups in total. The van der Waals surface area contributed by atoms with Crippen LogP contribution in [0.2, 0.25) is 0 Å². The minimum Gasteiger partial charge on any atom is -0.462 e. The number of hydrogen-bond acceptors (Lipinski definition) is 15. The highest BCUT2D eigenvalue weighted by molar-refractivity contribution is 5.70. The zero-order valence-corrected chi connectivity index (χ0v) is 31.3. The first-order valence-electron chi connectivity index (χ1n) is 19.6. The smallest absolute Gasteiger partial charge is 0.306 e. The van der Waals surface area contributed by atoms with Gasteiger partial charge in [-0.15, -0.1) is 0 Å². The van der Waals surface area contributed by atoms with Gasteiger partial charge in [0.1, 0.15) is 55.4 Å². The van der Waals surface area contributed by atoms with Crippen molar-refractivity contribution in [3.8, 4) is 0 Å². The number of unbranched alkanes of at least 4 members (excludes halogenated alkanes) is 14. The average molecular weight is 753 g/mol. The number of esters is 2. The van der Waals surface area contributed by atoms with Crippen molar-refractivity contribution in [1.82, 2.24) is 0 Å². The van der Waals surface area contributed by atoms with Crippen molar-refractivity contribution in [2.45, 2.75) is 197 Å². The van der Waals surface area contributed by atoms with Crippen molar-refractivity contribution < 1.29 is 73.8 Å². The van der Waals surface area contributed by atoms with E-state index in [1.807, 2.05) is 0 Å². The Labute approximate surface area is 308 Å². The van der Waals surface area contributed by atoms with Gasteiger partial charge in [0.05, 0.1) is 19.8 Å². The summed E-state index contributed by atoms with van der Waals surface area (Å²) in [5.41, 5.74) is 0. The third kappa shape index (κ3) is 17.3. The molecular formula is C37H68O15. The molecule has 2 aliphatic heterocycles. The Kier molecular flexibility index (Phi) is 24.3. The summed E-state index contributed by atoms with van der Waals surface area (Å²) in [6.45, 7) is 2.46. The van der Waals surface area contributed by atoms with Crippen LogP contribution in [0.5, 0.6) is 0 Å². The largest absolute Gasteiger partial charge is 0.462 e. The molecule has 11 unspecified atom stereocenters. The van der Waals surface area contributed by atoms with Gasteiger partial charge in [0.25, 0.3) is 0 Å². The lowest BCUT2D eigenvalue weighted by Crippen LogP contribution is -2.61. The molecular weight excluding hydrogens is 684 g/mol. The summed E-state index contributed by atoms with van der Waals surface area (Å²) in [7, 11) is 0. The summed E-state index contributed by atoms with van der Waals surface area (Å²) >= 11 is 0. The summed E-state index contributed by atoms with van der Waals surface area (Å²) in [6, 6.07) is 0. The normalized spacial score (nSPS) is 29.9. The Bertz CT molecular complexity index is 939. The second-order valence-electron chi connectivity index (χ2n) is 14.1. The molecule has 0 spiro atoms. The van der Waals surface area contributed by atoms with E-state index in [-0.39, 0.29) is 26.1 Å². The lowest BCUT2D eigenvalue weighted by Gasteiger charge is -2.42. The predicted molar refractivity (Wildman–Crippen MR) is 188 cm³/mol. The van der Waals surface area contributed by atoms with E-state index in [0.717, 1.165) is 51.4 Å². The van der Waals surface area contributed by atoms with Crippen LogP contribution in [0.4, 0.5) is 0 Å². The molecule has 11 atom stereocenters. The van der Waals surface area contributed by atoms with E-state index in [1.165, 1.54) is 38.5 Å². The maximum absolute atomic E-state index is 12.8. The zero-order valence-electron chi connectivity index (χ0n) is 31.3. The molecule has 0 radical (unpaired) electrons. The van der Waals surface area contributed by atoms with Crippen molar-refractivity contribution in [3.05, 3.63) is 0 Å². The van der Waals surface area contributed by atoms with Crippen LogP contribution in [0.15, 0.2) is 0 Å². The highest BCUT2D eigenvalue weighted by atomic mass is 16.7. The molecule has 0 amide bonds. The number of aliphatic hydroxyl groups excluding tert-OH is 7. The van der Waals surface area contributed by atoms with Gasteiger partial charge < -0.3 is 64.2 Å². The van der Waals surface area contributed by atoms with Crippen LogP contribution in [0.25, 0.3) is 0 Å². The van der Waals surface area contributed by atoms with Crippen molar-refractivity contribution >= 4 is 11.9 Å². The van der Waals surface area contributed by atoms with Crippen LogP contribution >= 0.6 is 0 Å². The number of carbonyl (C=O) groups is 2. The minimum absolute atomic E-state index is 0.170. The van der Waals surface area contributed by atoms with Gasteiger partial charge in [-0.1, -0.05) is 104 Å². The van der Waals surface area contributed by atoms with Crippen molar-refractivity contribution in [1.29, 1.82) is 0 Å². The molecule has 0 saturated carbocycles. The summed E-state index contributed by atoms with van der Waals surface area (Å²) in [5.74, 6) is -0.935. The molecule has 0 bridgehead atoms. The Morgan fingerprint density at radius 1 is 0.538 bits per heavy atom. The molecule has 15 heteroatoms. The van der Waals surface area contributed by atoms with Crippen LogP contribution < -0.4 is 0 Å². The topological polar surface area (TPSA) is 231 Å². The van der Waals surface area contributed by atoms with Gasteiger partial charge in [-0.2, -0.15) is 0 Å². The second-order valence-corrected chi connectivity index (χ2v) is 14.1. The van der Waals surface area contributed by atoms with E-state index in [0.29, 0.717) is 12.8 Å². The molecule has 2 heterocycles. The average Bonchev–Trinajstić information content (AvgIpc) is 3.13. The lowest BCUT2D eigenvalue weighted by atomic mass is 9.98. The molecule has 306 valence electrons. The van der Waals surface area contributed by atoms with Crippen LogP contribution in [-0.4, -0.2) is 142 Å². The van der Waals surface area contributed by atoms with Crippen molar-refractivity contribution in [2.75, 3.05) is 26.4 Å². The van der Waals surface area contributed by atoms with Gasteiger partial charge in [0, 0.05) is 12.8 Å². The Morgan fingerprint density at radius 2 is 0.981 bits per heavy atom. The minimum atomic E-state index is -1.75. The molecule has 2 aliphatic rings. The first-order valence-corrected chi connectivity index (χ1v) is 19.6. The van der Waals surface area contributed by atoms with E-state index in [9.17, 15) is 45.3 Å². The van der Waals surface area contributed by atoms with E-state index < -0.39 is 92.7 Å². The van der Waals surface area contributed by atoms with Gasteiger partial charge in [-0.25, -0.2) is 0 Å². The van der Waals surface area contributed by atoms with Crippen LogP contribution in [0.1, 0.15) is 129 Å². The number of carbonyl (C=O) groups excluding carboxylic acids is 2. The fourth-order valence-electron chi connectivity index (χ4n) is 6.21. The predicted octanol–water partition coefficient (Wildman–Crippen LogP) is 2.14. The maximum atomic E-state index is 12.8. The molecule has 15 nitrogen and oxygen atoms in total. The fraction of sp³-hybridized carbons (Fsp3) is 0.946. The number of rotatable bonds is 28. The zero-order chi connectivity index (χ0) is 38.3. The molecule has 52 heavy (non-hydrogen) atoms. The second kappa shape index (κ2) is 27.1. The van der Waals surface area contributed by atoms with Gasteiger partial charge in [-0.05, 0) is 12.8 Å². The van der Waals surface area contributed by atoms with Crippen molar-refractivity contribution in [2.24, 2.45) is 0 Å². The highest BCUT2D eigenvalue weighted by Gasteiger charge is 2.47. The fourth-order valence-corrected chi connectivity index (χ4v) is 6.21. The van der Waals surface area contributed by atoms with E-state index >= 15 is 0 Å².